The van der Waals surface area contributed by atoms with Gasteiger partial charge >= 0.3 is 0 Å². The van der Waals surface area contributed by atoms with Gasteiger partial charge in [0, 0.05) is 17.1 Å². The molecule has 0 aliphatic rings. The van der Waals surface area contributed by atoms with Gasteiger partial charge in [0.25, 0.3) is 0 Å². The van der Waals surface area contributed by atoms with Crippen LogP contribution in [0.15, 0.2) is 0 Å². The van der Waals surface area contributed by atoms with Crippen LogP contribution in [-0.2, 0) is 17.1 Å². The van der Waals surface area contributed by atoms with Gasteiger partial charge in [-0.2, -0.15) is 0 Å². The zero-order valence-electron chi connectivity index (χ0n) is 14.5. The first-order valence-electron chi connectivity index (χ1n) is 9.21. The summed E-state index contributed by atoms with van der Waals surface area (Å²) in [5.41, 5.74) is 3.89. The molecule has 0 aromatic carbocycles. The first-order valence-corrected chi connectivity index (χ1v) is 9.21. The smallest absolute Gasteiger partial charge is 0.0739 e. The number of quaternary nitrogens is 1. The molecule has 0 saturated carbocycles. The Morgan fingerprint density at radius 2 is 0.714 bits per heavy atom. The molecule has 0 amide bonds. The van der Waals surface area contributed by atoms with E-state index in [4.69, 9.17) is 0 Å². The van der Waals surface area contributed by atoms with E-state index in [0.717, 1.165) is 6.54 Å². The second-order valence-corrected chi connectivity index (χ2v) is 6.16. The van der Waals surface area contributed by atoms with Crippen LogP contribution >= 0.6 is 0 Å². The van der Waals surface area contributed by atoms with Gasteiger partial charge < -0.3 is 18.1 Å². The van der Waals surface area contributed by atoms with Gasteiger partial charge in [0.2, 0.25) is 0 Å². The molecule has 0 aromatic rings. The van der Waals surface area contributed by atoms with Crippen LogP contribution < -0.4 is 18.1 Å². The fourth-order valence-corrected chi connectivity index (χ4v) is 2.72. The SMILES string of the molecule is CCCCCCCCCCCCCCCCCC[NH3+].[Cl-].[Fe]. The van der Waals surface area contributed by atoms with Crippen molar-refractivity contribution in [3.8, 4) is 0 Å². The first-order chi connectivity index (χ1) is 9.41. The number of rotatable bonds is 16. The Balaban J connectivity index is -0.00000162. The Labute approximate surface area is 151 Å². The maximum absolute atomic E-state index is 3.89. The fraction of sp³-hybridized carbons (Fsp3) is 1.00. The summed E-state index contributed by atoms with van der Waals surface area (Å²) in [5, 5.41) is 0. The van der Waals surface area contributed by atoms with Crippen molar-refractivity contribution in [1.29, 1.82) is 0 Å². The average Bonchev–Trinajstić information content (AvgIpc) is 2.43. The number of hydrogen-bond donors (Lipinski definition) is 1. The fourth-order valence-electron chi connectivity index (χ4n) is 2.72. The molecule has 1 nitrogen and oxygen atoms in total. The summed E-state index contributed by atoms with van der Waals surface area (Å²) >= 11 is 0. The van der Waals surface area contributed by atoms with Crippen LogP contribution in [0.5, 0.6) is 0 Å². The monoisotopic (exact) mass is 361 g/mol. The van der Waals surface area contributed by atoms with E-state index in [1.165, 1.54) is 103 Å². The standard InChI is InChI=1S/C18H39N.ClH.Fe/c1-2-3-4-5-6-7-8-9-10-11-12-13-14-15-16-17-18-19;;/h2-19H2,1H3;1H;. The molecule has 0 aliphatic heterocycles. The van der Waals surface area contributed by atoms with Crippen molar-refractivity contribution < 1.29 is 35.2 Å². The van der Waals surface area contributed by atoms with Gasteiger partial charge in [-0.15, -0.1) is 0 Å². The molecule has 0 spiro atoms. The number of halogens is 1. The van der Waals surface area contributed by atoms with Gasteiger partial charge in [0.05, 0.1) is 6.54 Å². The molecule has 3 N–H and O–H groups in total. The predicted molar refractivity (Wildman–Crippen MR) is 87.3 cm³/mol. The van der Waals surface area contributed by atoms with E-state index in [-0.39, 0.29) is 29.5 Å². The minimum atomic E-state index is 0. The van der Waals surface area contributed by atoms with Crippen molar-refractivity contribution in [3.63, 3.8) is 0 Å². The summed E-state index contributed by atoms with van der Waals surface area (Å²) < 4.78 is 0. The summed E-state index contributed by atoms with van der Waals surface area (Å²) in [6.07, 6.45) is 23.2. The summed E-state index contributed by atoms with van der Waals surface area (Å²) in [6.45, 7) is 3.42. The molecular formula is C18H40ClFeN. The minimum absolute atomic E-state index is 0. The van der Waals surface area contributed by atoms with Crippen LogP contribution in [0.25, 0.3) is 0 Å². The first kappa shape index (κ1) is 26.7. The number of unbranched alkanes of at least 4 members (excludes halogenated alkanes) is 15. The van der Waals surface area contributed by atoms with Crippen LogP contribution in [-0.4, -0.2) is 6.54 Å². The third kappa shape index (κ3) is 26.0. The molecule has 3 heteroatoms. The van der Waals surface area contributed by atoms with E-state index < -0.39 is 0 Å². The normalized spacial score (nSPS) is 10.0. The Kier molecular flexibility index (Phi) is 32.6. The summed E-state index contributed by atoms with van der Waals surface area (Å²) in [6, 6.07) is 0. The number of hydrogen-bond acceptors (Lipinski definition) is 0. The zero-order valence-corrected chi connectivity index (χ0v) is 16.3. The van der Waals surface area contributed by atoms with Crippen molar-refractivity contribution >= 4 is 0 Å². The summed E-state index contributed by atoms with van der Waals surface area (Å²) in [4.78, 5) is 0. The molecule has 0 fully saturated rings. The molecular weight excluding hydrogens is 322 g/mol. The van der Waals surface area contributed by atoms with Crippen molar-refractivity contribution in [1.82, 2.24) is 0 Å². The maximum atomic E-state index is 3.89. The molecule has 0 heterocycles. The van der Waals surface area contributed by atoms with Crippen LogP contribution in [0.2, 0.25) is 0 Å². The molecule has 0 radical (unpaired) electrons. The van der Waals surface area contributed by atoms with Gasteiger partial charge in [-0.05, 0) is 12.8 Å². The predicted octanol–water partition coefficient (Wildman–Crippen LogP) is 2.49. The third-order valence-electron chi connectivity index (χ3n) is 4.10. The molecule has 0 saturated heterocycles. The second-order valence-electron chi connectivity index (χ2n) is 6.16. The minimum Gasteiger partial charge on any atom is -1.00 e. The summed E-state index contributed by atoms with van der Waals surface area (Å²) in [5.74, 6) is 0. The Hall–Kier alpha value is 0.769. The van der Waals surface area contributed by atoms with Crippen LogP contribution in [0.3, 0.4) is 0 Å². The van der Waals surface area contributed by atoms with Gasteiger partial charge in [-0.3, -0.25) is 0 Å². The van der Waals surface area contributed by atoms with Crippen molar-refractivity contribution in [2.75, 3.05) is 6.54 Å². The Morgan fingerprint density at radius 3 is 0.952 bits per heavy atom. The molecule has 132 valence electrons. The van der Waals surface area contributed by atoms with Gasteiger partial charge in [0.15, 0.2) is 0 Å². The maximum Gasteiger partial charge on any atom is 0.0739 e. The Bertz CT molecular complexity index is 140. The molecule has 0 rings (SSSR count). The summed E-state index contributed by atoms with van der Waals surface area (Å²) in [7, 11) is 0. The van der Waals surface area contributed by atoms with Crippen LogP contribution in [0.4, 0.5) is 0 Å². The quantitative estimate of drug-likeness (QED) is 0.323. The van der Waals surface area contributed by atoms with Gasteiger partial charge in [-0.25, -0.2) is 0 Å². The van der Waals surface area contributed by atoms with E-state index >= 15 is 0 Å². The van der Waals surface area contributed by atoms with Crippen LogP contribution in [0, 0.1) is 0 Å². The molecule has 0 aliphatic carbocycles. The van der Waals surface area contributed by atoms with E-state index in [1.807, 2.05) is 0 Å². The molecule has 0 bridgehead atoms. The third-order valence-corrected chi connectivity index (χ3v) is 4.10. The van der Waals surface area contributed by atoms with E-state index in [0.29, 0.717) is 0 Å². The molecule has 0 aromatic heterocycles. The van der Waals surface area contributed by atoms with Gasteiger partial charge in [0.1, 0.15) is 0 Å². The van der Waals surface area contributed by atoms with E-state index in [9.17, 15) is 0 Å². The van der Waals surface area contributed by atoms with E-state index in [2.05, 4.69) is 12.7 Å². The average molecular weight is 362 g/mol. The van der Waals surface area contributed by atoms with Crippen molar-refractivity contribution in [2.45, 2.75) is 110 Å². The topological polar surface area (TPSA) is 27.6 Å². The largest absolute Gasteiger partial charge is 1.00 e. The van der Waals surface area contributed by atoms with Crippen molar-refractivity contribution in [2.24, 2.45) is 0 Å². The zero-order chi connectivity index (χ0) is 14.0. The molecule has 0 atom stereocenters. The van der Waals surface area contributed by atoms with Crippen LogP contribution in [0.1, 0.15) is 110 Å². The molecule has 21 heavy (non-hydrogen) atoms. The van der Waals surface area contributed by atoms with E-state index in [1.54, 1.807) is 0 Å². The molecule has 0 unspecified atom stereocenters. The van der Waals surface area contributed by atoms with Gasteiger partial charge in [-0.1, -0.05) is 96.8 Å². The van der Waals surface area contributed by atoms with Crippen molar-refractivity contribution in [3.05, 3.63) is 0 Å². The second kappa shape index (κ2) is 25.7. The Morgan fingerprint density at radius 1 is 0.476 bits per heavy atom.